The predicted octanol–water partition coefficient (Wildman–Crippen LogP) is 1.52. The van der Waals surface area contributed by atoms with Crippen molar-refractivity contribution in [2.45, 2.75) is 6.29 Å². The van der Waals surface area contributed by atoms with Crippen molar-refractivity contribution in [3.63, 3.8) is 0 Å². The standard InChI is InChI=1S/C7H4Br2O3/c1-2-3-11-7-5(9)4(8)6(10)12-7/h1,7H,3H2. The van der Waals surface area contributed by atoms with Crippen LogP contribution in [0.2, 0.25) is 0 Å². The molecule has 0 radical (unpaired) electrons. The van der Waals surface area contributed by atoms with E-state index in [4.69, 9.17) is 15.9 Å². The molecule has 1 rings (SSSR count). The van der Waals surface area contributed by atoms with E-state index >= 15 is 0 Å². The van der Waals surface area contributed by atoms with E-state index in [2.05, 4.69) is 37.8 Å². The fourth-order valence-electron chi connectivity index (χ4n) is 0.633. The molecule has 1 heterocycles. The first-order chi connectivity index (χ1) is 5.66. The highest BCUT2D eigenvalue weighted by molar-refractivity contribution is 9.14. The monoisotopic (exact) mass is 294 g/mol. The van der Waals surface area contributed by atoms with Crippen LogP contribution in [0.3, 0.4) is 0 Å². The lowest BCUT2D eigenvalue weighted by atomic mass is 10.5. The van der Waals surface area contributed by atoms with Crippen molar-refractivity contribution in [3.05, 3.63) is 8.96 Å². The maximum absolute atomic E-state index is 10.9. The number of ether oxygens (including phenoxy) is 2. The molecule has 0 aromatic rings. The van der Waals surface area contributed by atoms with E-state index in [-0.39, 0.29) is 6.61 Å². The van der Waals surface area contributed by atoms with Gasteiger partial charge in [0.2, 0.25) is 6.29 Å². The highest BCUT2D eigenvalue weighted by atomic mass is 79.9. The molecule has 0 N–H and O–H groups in total. The average molecular weight is 296 g/mol. The first-order valence-electron chi connectivity index (χ1n) is 2.98. The number of hydrogen-bond donors (Lipinski definition) is 0. The van der Waals surface area contributed by atoms with E-state index in [1.165, 1.54) is 0 Å². The molecule has 0 fully saturated rings. The van der Waals surface area contributed by atoms with Crippen molar-refractivity contribution in [1.29, 1.82) is 0 Å². The molecule has 5 heteroatoms. The Morgan fingerprint density at radius 3 is 2.75 bits per heavy atom. The van der Waals surface area contributed by atoms with Gasteiger partial charge in [-0.1, -0.05) is 5.92 Å². The van der Waals surface area contributed by atoms with E-state index in [1.807, 2.05) is 0 Å². The van der Waals surface area contributed by atoms with Crippen molar-refractivity contribution in [3.8, 4) is 12.3 Å². The quantitative estimate of drug-likeness (QED) is 0.572. The van der Waals surface area contributed by atoms with E-state index in [1.54, 1.807) is 0 Å². The summed E-state index contributed by atoms with van der Waals surface area (Å²) < 4.78 is 10.6. The molecular formula is C7H4Br2O3. The van der Waals surface area contributed by atoms with Gasteiger partial charge in [-0.15, -0.1) is 6.42 Å². The van der Waals surface area contributed by atoms with Crippen LogP contribution in [0.4, 0.5) is 0 Å². The second-order valence-electron chi connectivity index (χ2n) is 1.91. The molecule has 1 atom stereocenters. The predicted molar refractivity (Wildman–Crippen MR) is 49.5 cm³/mol. The Balaban J connectivity index is 2.62. The normalized spacial score (nSPS) is 22.4. The van der Waals surface area contributed by atoms with Gasteiger partial charge in [0.15, 0.2) is 0 Å². The van der Waals surface area contributed by atoms with Gasteiger partial charge in [-0.25, -0.2) is 4.79 Å². The van der Waals surface area contributed by atoms with Crippen LogP contribution in [0.1, 0.15) is 0 Å². The van der Waals surface area contributed by atoms with Crippen LogP contribution in [-0.4, -0.2) is 18.9 Å². The highest BCUT2D eigenvalue weighted by Crippen LogP contribution is 2.31. The summed E-state index contributed by atoms with van der Waals surface area (Å²) in [7, 11) is 0. The van der Waals surface area contributed by atoms with Crippen LogP contribution in [0, 0.1) is 12.3 Å². The molecular weight excluding hydrogens is 292 g/mol. The second kappa shape index (κ2) is 4.08. The third-order valence-corrected chi connectivity index (χ3v) is 3.18. The minimum absolute atomic E-state index is 0.104. The Hall–Kier alpha value is -0.310. The molecule has 0 bridgehead atoms. The molecule has 12 heavy (non-hydrogen) atoms. The first-order valence-corrected chi connectivity index (χ1v) is 4.56. The second-order valence-corrected chi connectivity index (χ2v) is 3.56. The van der Waals surface area contributed by atoms with Gasteiger partial charge in [0.1, 0.15) is 11.1 Å². The number of halogens is 2. The topological polar surface area (TPSA) is 35.5 Å². The van der Waals surface area contributed by atoms with Crippen LogP contribution in [0.5, 0.6) is 0 Å². The molecule has 0 amide bonds. The summed E-state index contributed by atoms with van der Waals surface area (Å²) in [5.74, 6) is 1.82. The molecule has 0 saturated heterocycles. The lowest BCUT2D eigenvalue weighted by molar-refractivity contribution is -0.156. The van der Waals surface area contributed by atoms with E-state index in [0.717, 1.165) is 0 Å². The molecule has 64 valence electrons. The van der Waals surface area contributed by atoms with Crippen molar-refractivity contribution in [2.75, 3.05) is 6.61 Å². The third-order valence-electron chi connectivity index (χ3n) is 1.13. The molecule has 0 saturated carbocycles. The van der Waals surface area contributed by atoms with Crippen molar-refractivity contribution in [1.82, 2.24) is 0 Å². The number of terminal acetylenes is 1. The zero-order chi connectivity index (χ0) is 9.14. The van der Waals surface area contributed by atoms with Crippen molar-refractivity contribution in [2.24, 2.45) is 0 Å². The van der Waals surface area contributed by atoms with Gasteiger partial charge >= 0.3 is 5.97 Å². The van der Waals surface area contributed by atoms with Crippen molar-refractivity contribution >= 4 is 37.8 Å². The smallest absolute Gasteiger partial charge is 0.348 e. The Kier molecular flexibility index (Phi) is 3.32. The SMILES string of the molecule is C#CCOC1OC(=O)C(Br)=C1Br. The summed E-state index contributed by atoms with van der Waals surface area (Å²) >= 11 is 6.16. The summed E-state index contributed by atoms with van der Waals surface area (Å²) in [5.41, 5.74) is 0. The Labute approximate surface area is 86.4 Å². The molecule has 3 nitrogen and oxygen atoms in total. The van der Waals surface area contributed by atoms with Gasteiger partial charge in [0.25, 0.3) is 0 Å². The Morgan fingerprint density at radius 1 is 1.67 bits per heavy atom. The van der Waals surface area contributed by atoms with E-state index < -0.39 is 12.3 Å². The van der Waals surface area contributed by atoms with Crippen LogP contribution in [-0.2, 0) is 14.3 Å². The molecule has 0 aromatic heterocycles. The van der Waals surface area contributed by atoms with E-state index in [9.17, 15) is 4.79 Å². The van der Waals surface area contributed by atoms with Gasteiger partial charge in [-0.3, -0.25) is 0 Å². The zero-order valence-corrected chi connectivity index (χ0v) is 9.01. The fourth-order valence-corrected chi connectivity index (χ4v) is 1.30. The first kappa shape index (κ1) is 9.78. The molecule has 1 unspecified atom stereocenters. The summed E-state index contributed by atoms with van der Waals surface area (Å²) in [4.78, 5) is 10.9. The van der Waals surface area contributed by atoms with Crippen molar-refractivity contribution < 1.29 is 14.3 Å². The highest BCUT2D eigenvalue weighted by Gasteiger charge is 2.31. The fraction of sp³-hybridized carbons (Fsp3) is 0.286. The summed E-state index contributed by atoms with van der Waals surface area (Å²) in [6.45, 7) is 0.104. The molecule has 1 aliphatic heterocycles. The maximum atomic E-state index is 10.9. The van der Waals surface area contributed by atoms with Gasteiger partial charge < -0.3 is 9.47 Å². The number of carbonyl (C=O) groups is 1. The molecule has 0 aromatic carbocycles. The van der Waals surface area contributed by atoms with Gasteiger partial charge in [0.05, 0.1) is 4.48 Å². The minimum atomic E-state index is -0.706. The summed E-state index contributed by atoms with van der Waals surface area (Å²) in [5, 5.41) is 0. The van der Waals surface area contributed by atoms with Crippen LogP contribution in [0.25, 0.3) is 0 Å². The third kappa shape index (κ3) is 1.89. The number of hydrogen-bond acceptors (Lipinski definition) is 3. The van der Waals surface area contributed by atoms with Crippen LogP contribution >= 0.6 is 31.9 Å². The largest absolute Gasteiger partial charge is 0.427 e. The molecule has 0 aliphatic carbocycles. The molecule has 0 spiro atoms. The summed E-state index contributed by atoms with van der Waals surface area (Å²) in [6, 6.07) is 0. The maximum Gasteiger partial charge on any atom is 0.348 e. The summed E-state index contributed by atoms with van der Waals surface area (Å²) in [6.07, 6.45) is 4.26. The van der Waals surface area contributed by atoms with Gasteiger partial charge in [0, 0.05) is 0 Å². The number of cyclic esters (lactones) is 1. The minimum Gasteiger partial charge on any atom is -0.427 e. The average Bonchev–Trinajstić information content (AvgIpc) is 2.30. The molecule has 1 aliphatic rings. The van der Waals surface area contributed by atoms with Crippen LogP contribution in [0.15, 0.2) is 8.96 Å². The lowest BCUT2D eigenvalue weighted by Crippen LogP contribution is -2.14. The number of carbonyl (C=O) groups excluding carboxylic acids is 1. The lowest BCUT2D eigenvalue weighted by Gasteiger charge is -2.08. The Morgan fingerprint density at radius 2 is 2.33 bits per heavy atom. The van der Waals surface area contributed by atoms with Gasteiger partial charge in [-0.05, 0) is 31.9 Å². The van der Waals surface area contributed by atoms with Crippen LogP contribution < -0.4 is 0 Å². The number of rotatable bonds is 2. The number of esters is 1. The zero-order valence-electron chi connectivity index (χ0n) is 5.84. The Bertz CT molecular complexity index is 277. The van der Waals surface area contributed by atoms with E-state index in [0.29, 0.717) is 8.96 Å². The van der Waals surface area contributed by atoms with Gasteiger partial charge in [-0.2, -0.15) is 0 Å².